The summed E-state index contributed by atoms with van der Waals surface area (Å²) in [5, 5.41) is 0. The lowest BCUT2D eigenvalue weighted by molar-refractivity contribution is 0.0600. The number of hydrogen-bond acceptors (Lipinski definition) is 3. The van der Waals surface area contributed by atoms with Crippen molar-refractivity contribution in [3.63, 3.8) is 0 Å². The summed E-state index contributed by atoms with van der Waals surface area (Å²) in [7, 11) is 1.42. The quantitative estimate of drug-likeness (QED) is 0.769. The zero-order valence-electron chi connectivity index (χ0n) is 15.1. The number of benzene rings is 2. The molecule has 1 aliphatic carbocycles. The van der Waals surface area contributed by atoms with Gasteiger partial charge in [-0.1, -0.05) is 26.0 Å². The van der Waals surface area contributed by atoms with E-state index in [9.17, 15) is 4.79 Å². The highest BCUT2D eigenvalue weighted by Gasteiger charge is 2.36. The highest BCUT2D eigenvalue weighted by atomic mass is 16.5. The Kier molecular flexibility index (Phi) is 4.12. The first-order chi connectivity index (χ1) is 11.4. The van der Waals surface area contributed by atoms with Crippen molar-refractivity contribution < 1.29 is 9.53 Å². The molecule has 0 atom stereocenters. The van der Waals surface area contributed by atoms with Gasteiger partial charge in [-0.25, -0.2) is 4.79 Å². The molecular formula is C21H25NO2. The summed E-state index contributed by atoms with van der Waals surface area (Å²) in [5.41, 5.74) is 6.74. The summed E-state index contributed by atoms with van der Waals surface area (Å²) in [5.74, 6) is -0.284. The summed E-state index contributed by atoms with van der Waals surface area (Å²) in [4.78, 5) is 14.2. The Balaban J connectivity index is 2.13. The topological polar surface area (TPSA) is 29.5 Å². The van der Waals surface area contributed by atoms with Gasteiger partial charge in [-0.05, 0) is 60.4 Å². The zero-order valence-corrected chi connectivity index (χ0v) is 15.1. The summed E-state index contributed by atoms with van der Waals surface area (Å²) in [6, 6.07) is 12.6. The third-order valence-electron chi connectivity index (χ3n) is 5.21. The van der Waals surface area contributed by atoms with Crippen LogP contribution >= 0.6 is 0 Å². The number of methoxy groups -OCH3 is 1. The predicted octanol–water partition coefficient (Wildman–Crippen LogP) is 4.63. The van der Waals surface area contributed by atoms with E-state index in [0.29, 0.717) is 5.56 Å². The molecule has 0 saturated carbocycles. The van der Waals surface area contributed by atoms with Gasteiger partial charge < -0.3 is 9.64 Å². The highest BCUT2D eigenvalue weighted by Crippen LogP contribution is 2.49. The van der Waals surface area contributed by atoms with Gasteiger partial charge in [0.15, 0.2) is 0 Å². The first-order valence-corrected chi connectivity index (χ1v) is 8.56. The molecule has 2 aromatic rings. The van der Waals surface area contributed by atoms with Crippen LogP contribution in [-0.2, 0) is 10.2 Å². The van der Waals surface area contributed by atoms with E-state index in [1.807, 2.05) is 18.2 Å². The smallest absolute Gasteiger partial charge is 0.337 e. The zero-order chi connectivity index (χ0) is 17.5. The number of fused-ring (bicyclic) bond motifs is 3. The van der Waals surface area contributed by atoms with E-state index in [0.717, 1.165) is 13.1 Å². The van der Waals surface area contributed by atoms with Gasteiger partial charge in [-0.15, -0.1) is 0 Å². The van der Waals surface area contributed by atoms with Crippen LogP contribution in [0.25, 0.3) is 11.1 Å². The molecule has 0 aromatic heterocycles. The maximum absolute atomic E-state index is 11.9. The lowest BCUT2D eigenvalue weighted by atomic mass is 9.82. The number of nitrogens with zero attached hydrogens (tertiary/aromatic N) is 1. The first-order valence-electron chi connectivity index (χ1n) is 8.56. The van der Waals surface area contributed by atoms with Gasteiger partial charge in [0.1, 0.15) is 0 Å². The highest BCUT2D eigenvalue weighted by molar-refractivity contribution is 5.92. The minimum Gasteiger partial charge on any atom is -0.465 e. The van der Waals surface area contributed by atoms with E-state index < -0.39 is 0 Å². The normalized spacial score (nSPS) is 14.0. The summed E-state index contributed by atoms with van der Waals surface area (Å²) in [6.45, 7) is 10.8. The fourth-order valence-corrected chi connectivity index (χ4v) is 3.76. The molecule has 0 amide bonds. The third kappa shape index (κ3) is 2.39. The van der Waals surface area contributed by atoms with Crippen LogP contribution in [0.15, 0.2) is 36.4 Å². The van der Waals surface area contributed by atoms with Gasteiger partial charge in [-0.3, -0.25) is 0 Å². The maximum atomic E-state index is 11.9. The molecule has 1 aliphatic rings. The molecule has 0 aliphatic heterocycles. The van der Waals surface area contributed by atoms with Crippen LogP contribution in [0.2, 0.25) is 0 Å². The molecular weight excluding hydrogens is 298 g/mol. The van der Waals surface area contributed by atoms with Gasteiger partial charge in [0.05, 0.1) is 12.7 Å². The number of ether oxygens (including phenoxy) is 1. The molecule has 0 saturated heterocycles. The number of carbonyl (C=O) groups is 1. The minimum absolute atomic E-state index is 0.127. The van der Waals surface area contributed by atoms with Crippen molar-refractivity contribution in [3.05, 3.63) is 53.1 Å². The molecule has 24 heavy (non-hydrogen) atoms. The van der Waals surface area contributed by atoms with E-state index >= 15 is 0 Å². The van der Waals surface area contributed by atoms with Crippen LogP contribution in [0.1, 0.15) is 49.2 Å². The monoisotopic (exact) mass is 323 g/mol. The van der Waals surface area contributed by atoms with E-state index in [1.165, 1.54) is 35.1 Å². The second-order valence-corrected chi connectivity index (χ2v) is 6.78. The lowest BCUT2D eigenvalue weighted by Gasteiger charge is -2.25. The Morgan fingerprint density at radius 1 is 1.00 bits per heavy atom. The standard InChI is InChI=1S/C21H25NO2/c1-6-22(7-2)15-9-11-17-16-10-8-14(20(23)24-5)12-18(16)21(3,4)19(17)13-15/h8-13H,6-7H2,1-5H3. The molecule has 2 aromatic carbocycles. The molecule has 126 valence electrons. The number of carbonyl (C=O) groups excluding carboxylic acids is 1. The summed E-state index contributed by atoms with van der Waals surface area (Å²) >= 11 is 0. The Morgan fingerprint density at radius 3 is 2.17 bits per heavy atom. The van der Waals surface area contributed by atoms with Gasteiger partial charge in [0.25, 0.3) is 0 Å². The average Bonchev–Trinajstić information content (AvgIpc) is 2.82. The lowest BCUT2D eigenvalue weighted by Crippen LogP contribution is -2.23. The maximum Gasteiger partial charge on any atom is 0.337 e. The fourth-order valence-electron chi connectivity index (χ4n) is 3.76. The number of esters is 1. The molecule has 3 nitrogen and oxygen atoms in total. The fraction of sp³-hybridized carbons (Fsp3) is 0.381. The van der Waals surface area contributed by atoms with E-state index in [2.05, 4.69) is 50.8 Å². The molecule has 0 unspecified atom stereocenters. The average molecular weight is 323 g/mol. The van der Waals surface area contributed by atoms with Gasteiger partial charge in [-0.2, -0.15) is 0 Å². The number of anilines is 1. The number of hydrogen-bond donors (Lipinski definition) is 0. The molecule has 0 radical (unpaired) electrons. The SMILES string of the molecule is CCN(CC)c1ccc2c(c1)C(C)(C)c1cc(C(=O)OC)ccc1-2. The third-order valence-corrected chi connectivity index (χ3v) is 5.21. The summed E-state index contributed by atoms with van der Waals surface area (Å²) < 4.78 is 4.88. The molecule has 0 bridgehead atoms. The largest absolute Gasteiger partial charge is 0.465 e. The summed E-state index contributed by atoms with van der Waals surface area (Å²) in [6.07, 6.45) is 0. The minimum atomic E-state index is -0.284. The second-order valence-electron chi connectivity index (χ2n) is 6.78. The van der Waals surface area contributed by atoms with Crippen molar-refractivity contribution in [2.75, 3.05) is 25.1 Å². The van der Waals surface area contributed by atoms with Crippen LogP contribution in [-0.4, -0.2) is 26.2 Å². The first kappa shape index (κ1) is 16.6. The van der Waals surface area contributed by atoms with Crippen molar-refractivity contribution in [1.29, 1.82) is 0 Å². The van der Waals surface area contributed by atoms with Gasteiger partial charge in [0, 0.05) is 24.2 Å². The van der Waals surface area contributed by atoms with E-state index in [4.69, 9.17) is 4.74 Å². The van der Waals surface area contributed by atoms with Crippen LogP contribution < -0.4 is 4.90 Å². The predicted molar refractivity (Wildman–Crippen MR) is 98.9 cm³/mol. The Labute approximate surface area is 144 Å². The number of rotatable bonds is 4. The Bertz CT molecular complexity index is 788. The van der Waals surface area contributed by atoms with Gasteiger partial charge in [0.2, 0.25) is 0 Å². The van der Waals surface area contributed by atoms with Crippen molar-refractivity contribution in [2.45, 2.75) is 33.1 Å². The van der Waals surface area contributed by atoms with Crippen molar-refractivity contribution in [1.82, 2.24) is 0 Å². The molecule has 3 heteroatoms. The molecule has 0 N–H and O–H groups in total. The molecule has 0 spiro atoms. The molecule has 3 rings (SSSR count). The van der Waals surface area contributed by atoms with Crippen LogP contribution in [0.4, 0.5) is 5.69 Å². The molecule has 0 fully saturated rings. The second kappa shape index (κ2) is 5.97. The Hall–Kier alpha value is -2.29. The van der Waals surface area contributed by atoms with E-state index in [1.54, 1.807) is 0 Å². The van der Waals surface area contributed by atoms with Gasteiger partial charge >= 0.3 is 5.97 Å². The van der Waals surface area contributed by atoms with E-state index in [-0.39, 0.29) is 11.4 Å². The van der Waals surface area contributed by atoms with Crippen molar-refractivity contribution in [2.24, 2.45) is 0 Å². The molecule has 0 heterocycles. The van der Waals surface area contributed by atoms with Crippen molar-refractivity contribution in [3.8, 4) is 11.1 Å². The Morgan fingerprint density at radius 2 is 1.58 bits per heavy atom. The van der Waals surface area contributed by atoms with Crippen LogP contribution in [0, 0.1) is 0 Å². The van der Waals surface area contributed by atoms with Crippen molar-refractivity contribution >= 4 is 11.7 Å². The van der Waals surface area contributed by atoms with Crippen LogP contribution in [0.5, 0.6) is 0 Å². The van der Waals surface area contributed by atoms with Crippen LogP contribution in [0.3, 0.4) is 0 Å².